The number of ether oxygens (including phenoxy) is 2. The smallest absolute Gasteiger partial charge is 0.268 e. The maximum absolute atomic E-state index is 12.6. The molecule has 6 nitrogen and oxygen atoms in total. The Labute approximate surface area is 154 Å². The summed E-state index contributed by atoms with van der Waals surface area (Å²) >= 11 is 3.52. The van der Waals surface area contributed by atoms with E-state index in [2.05, 4.69) is 21.2 Å². The summed E-state index contributed by atoms with van der Waals surface area (Å²) in [5.41, 5.74) is 1.84. The third-order valence-electron chi connectivity index (χ3n) is 4.12. The Morgan fingerprint density at radius 1 is 1.20 bits per heavy atom. The Morgan fingerprint density at radius 2 is 1.84 bits per heavy atom. The van der Waals surface area contributed by atoms with E-state index < -0.39 is 0 Å². The SMILES string of the molecule is CC(=O)c1cc(C(=O)N[C@H](C)c2cc3c(cc2Br)OCCO3)n(C)c1. The molecule has 0 spiro atoms. The number of carbonyl (C=O) groups is 2. The second-order valence-electron chi connectivity index (χ2n) is 5.99. The number of benzene rings is 1. The van der Waals surface area contributed by atoms with Crippen molar-refractivity contribution in [3.63, 3.8) is 0 Å². The van der Waals surface area contributed by atoms with Crippen LogP contribution in [0.2, 0.25) is 0 Å². The fourth-order valence-electron chi connectivity index (χ4n) is 2.74. The Balaban J connectivity index is 1.81. The number of fused-ring (bicyclic) bond motifs is 1. The van der Waals surface area contributed by atoms with E-state index in [1.807, 2.05) is 19.1 Å². The number of Topliss-reactive ketones (excluding diaryl/α,β-unsaturated/α-hetero) is 1. The Kier molecular flexibility index (Phi) is 4.85. The lowest BCUT2D eigenvalue weighted by Gasteiger charge is -2.22. The van der Waals surface area contributed by atoms with Crippen LogP contribution in [0.15, 0.2) is 28.9 Å². The second kappa shape index (κ2) is 6.92. The highest BCUT2D eigenvalue weighted by molar-refractivity contribution is 9.10. The predicted molar refractivity (Wildman–Crippen MR) is 96.4 cm³/mol. The van der Waals surface area contributed by atoms with E-state index in [1.54, 1.807) is 23.9 Å². The predicted octanol–water partition coefficient (Wildman–Crippen LogP) is 3.25. The normalized spacial score (nSPS) is 14.1. The number of hydrogen-bond donors (Lipinski definition) is 1. The van der Waals surface area contributed by atoms with Crippen LogP contribution in [0.1, 0.15) is 46.3 Å². The highest BCUT2D eigenvalue weighted by atomic mass is 79.9. The minimum atomic E-state index is -0.256. The molecule has 1 N–H and O–H groups in total. The molecule has 1 aliphatic heterocycles. The minimum absolute atomic E-state index is 0.0720. The summed E-state index contributed by atoms with van der Waals surface area (Å²) in [5, 5.41) is 2.96. The van der Waals surface area contributed by atoms with Gasteiger partial charge in [0.25, 0.3) is 5.91 Å². The first-order valence-corrected chi connectivity index (χ1v) is 8.73. The Morgan fingerprint density at radius 3 is 2.44 bits per heavy atom. The van der Waals surface area contributed by atoms with Crippen molar-refractivity contribution in [1.82, 2.24) is 9.88 Å². The van der Waals surface area contributed by atoms with E-state index in [1.165, 1.54) is 6.92 Å². The van der Waals surface area contributed by atoms with E-state index in [4.69, 9.17) is 9.47 Å². The number of ketones is 1. The van der Waals surface area contributed by atoms with Gasteiger partial charge in [-0.2, -0.15) is 0 Å². The summed E-state index contributed by atoms with van der Waals surface area (Å²) < 4.78 is 13.6. The summed E-state index contributed by atoms with van der Waals surface area (Å²) in [5.74, 6) is 1.04. The summed E-state index contributed by atoms with van der Waals surface area (Å²) in [6, 6.07) is 5.06. The number of halogens is 1. The van der Waals surface area contributed by atoms with Crippen molar-refractivity contribution in [2.75, 3.05) is 13.2 Å². The van der Waals surface area contributed by atoms with Crippen LogP contribution in [-0.4, -0.2) is 29.5 Å². The molecular weight excluding hydrogens is 388 g/mol. The van der Waals surface area contributed by atoms with Crippen LogP contribution in [-0.2, 0) is 7.05 Å². The zero-order chi connectivity index (χ0) is 18.1. The molecule has 3 rings (SSSR count). The number of nitrogens with one attached hydrogen (secondary N) is 1. The molecule has 0 radical (unpaired) electrons. The topological polar surface area (TPSA) is 69.6 Å². The fraction of sp³-hybridized carbons (Fsp3) is 0.333. The van der Waals surface area contributed by atoms with Gasteiger partial charge in [-0.25, -0.2) is 0 Å². The average Bonchev–Trinajstić information content (AvgIpc) is 2.96. The molecule has 1 amide bonds. The number of rotatable bonds is 4. The van der Waals surface area contributed by atoms with Crippen LogP contribution in [0.4, 0.5) is 0 Å². The summed E-state index contributed by atoms with van der Waals surface area (Å²) in [7, 11) is 1.74. The van der Waals surface area contributed by atoms with Gasteiger partial charge in [0, 0.05) is 23.3 Å². The van der Waals surface area contributed by atoms with Crippen LogP contribution < -0.4 is 14.8 Å². The first-order valence-electron chi connectivity index (χ1n) is 7.94. The van der Waals surface area contributed by atoms with Gasteiger partial charge in [-0.1, -0.05) is 15.9 Å². The monoisotopic (exact) mass is 406 g/mol. The summed E-state index contributed by atoms with van der Waals surface area (Å²) in [4.78, 5) is 24.1. The van der Waals surface area contributed by atoms with Gasteiger partial charge in [0.1, 0.15) is 18.9 Å². The first kappa shape index (κ1) is 17.5. The van der Waals surface area contributed by atoms with E-state index in [-0.39, 0.29) is 17.7 Å². The number of aromatic nitrogens is 1. The number of carbonyl (C=O) groups excluding carboxylic acids is 2. The molecule has 0 saturated carbocycles. The summed E-state index contributed by atoms with van der Waals surface area (Å²) in [6.45, 7) is 4.40. The van der Waals surface area contributed by atoms with Crippen molar-refractivity contribution >= 4 is 27.6 Å². The van der Waals surface area contributed by atoms with E-state index in [9.17, 15) is 9.59 Å². The Hall–Kier alpha value is -2.28. The molecule has 1 aromatic carbocycles. The fourth-order valence-corrected chi connectivity index (χ4v) is 3.41. The molecule has 0 fully saturated rings. The molecule has 2 aromatic rings. The van der Waals surface area contributed by atoms with Crippen LogP contribution in [0.25, 0.3) is 0 Å². The highest BCUT2D eigenvalue weighted by Crippen LogP contribution is 2.37. The molecule has 0 unspecified atom stereocenters. The van der Waals surface area contributed by atoms with Gasteiger partial charge >= 0.3 is 0 Å². The molecule has 1 aromatic heterocycles. The van der Waals surface area contributed by atoms with Gasteiger partial charge in [0.15, 0.2) is 17.3 Å². The molecule has 132 valence electrons. The molecule has 1 atom stereocenters. The van der Waals surface area contributed by atoms with Crippen molar-refractivity contribution in [2.24, 2.45) is 7.05 Å². The minimum Gasteiger partial charge on any atom is -0.486 e. The van der Waals surface area contributed by atoms with Crippen LogP contribution in [0, 0.1) is 0 Å². The molecule has 2 heterocycles. The lowest BCUT2D eigenvalue weighted by Crippen LogP contribution is -2.28. The number of amides is 1. The maximum Gasteiger partial charge on any atom is 0.268 e. The van der Waals surface area contributed by atoms with Gasteiger partial charge < -0.3 is 19.4 Å². The third-order valence-corrected chi connectivity index (χ3v) is 4.81. The number of aryl methyl sites for hydroxylation is 1. The van der Waals surface area contributed by atoms with Gasteiger partial charge in [-0.05, 0) is 37.6 Å². The molecule has 7 heteroatoms. The van der Waals surface area contributed by atoms with Crippen LogP contribution in [0.5, 0.6) is 11.5 Å². The highest BCUT2D eigenvalue weighted by Gasteiger charge is 2.21. The first-order chi connectivity index (χ1) is 11.9. The largest absolute Gasteiger partial charge is 0.486 e. The molecule has 0 aliphatic carbocycles. The van der Waals surface area contributed by atoms with Crippen molar-refractivity contribution in [2.45, 2.75) is 19.9 Å². The standard InChI is InChI=1S/C18H19BrN2O4/c1-10(13-7-16-17(8-14(13)19)25-5-4-24-16)20-18(23)15-6-12(11(2)22)9-21(15)3/h6-10H,4-5H2,1-3H3,(H,20,23)/t10-/m1/s1. The van der Waals surface area contributed by atoms with E-state index >= 15 is 0 Å². The van der Waals surface area contributed by atoms with Gasteiger partial charge in [-0.15, -0.1) is 0 Å². The number of hydrogen-bond acceptors (Lipinski definition) is 4. The maximum atomic E-state index is 12.6. The van der Waals surface area contributed by atoms with Gasteiger partial charge in [0.2, 0.25) is 0 Å². The van der Waals surface area contributed by atoms with Crippen LogP contribution >= 0.6 is 15.9 Å². The van der Waals surface area contributed by atoms with Crippen molar-refractivity contribution in [1.29, 1.82) is 0 Å². The lowest BCUT2D eigenvalue weighted by atomic mass is 10.1. The molecule has 1 aliphatic rings. The molecule has 0 bridgehead atoms. The summed E-state index contributed by atoms with van der Waals surface area (Å²) in [6.07, 6.45) is 1.65. The van der Waals surface area contributed by atoms with Gasteiger partial charge in [0.05, 0.1) is 6.04 Å². The van der Waals surface area contributed by atoms with E-state index in [0.29, 0.717) is 36.0 Å². The zero-order valence-corrected chi connectivity index (χ0v) is 15.8. The van der Waals surface area contributed by atoms with E-state index in [0.717, 1.165) is 10.0 Å². The second-order valence-corrected chi connectivity index (χ2v) is 6.85. The van der Waals surface area contributed by atoms with Gasteiger partial charge in [-0.3, -0.25) is 9.59 Å². The number of nitrogens with zero attached hydrogens (tertiary/aromatic N) is 1. The third kappa shape index (κ3) is 3.56. The van der Waals surface area contributed by atoms with Crippen molar-refractivity contribution < 1.29 is 19.1 Å². The molecule has 25 heavy (non-hydrogen) atoms. The quantitative estimate of drug-likeness (QED) is 0.791. The lowest BCUT2D eigenvalue weighted by molar-refractivity contribution is 0.0931. The molecule has 0 saturated heterocycles. The van der Waals surface area contributed by atoms with Crippen molar-refractivity contribution in [3.05, 3.63) is 45.7 Å². The van der Waals surface area contributed by atoms with Crippen LogP contribution in [0.3, 0.4) is 0 Å². The average molecular weight is 407 g/mol. The van der Waals surface area contributed by atoms with Crippen molar-refractivity contribution in [3.8, 4) is 11.5 Å². The molecular formula is C18H19BrN2O4. The Bertz CT molecular complexity index is 844. The zero-order valence-electron chi connectivity index (χ0n) is 14.3.